The summed E-state index contributed by atoms with van der Waals surface area (Å²) in [5.74, 6) is 1.26. The molecule has 3 fully saturated rings. The first kappa shape index (κ1) is 74.8. The molecule has 10 aromatic rings. The molecule has 0 bridgehead atoms. The number of amides is 3. The van der Waals surface area contributed by atoms with Crippen molar-refractivity contribution in [1.82, 2.24) is 44.3 Å². The number of carbonyl (C=O) groups is 3. The highest BCUT2D eigenvalue weighted by molar-refractivity contribution is 7.93. The van der Waals surface area contributed by atoms with Gasteiger partial charge in [-0.15, -0.1) is 34.0 Å². The summed E-state index contributed by atoms with van der Waals surface area (Å²) in [6.45, 7) is 11.0. The first-order chi connectivity index (χ1) is 49.8. The van der Waals surface area contributed by atoms with Crippen LogP contribution in [0, 0.1) is 17.6 Å². The summed E-state index contributed by atoms with van der Waals surface area (Å²) in [4.78, 5) is 75.5. The Bertz CT molecular complexity index is 5080. The van der Waals surface area contributed by atoms with E-state index < -0.39 is 54.1 Å². The number of piperazine rings is 2. The first-order valence-electron chi connectivity index (χ1n) is 32.5. The number of nitrogens with one attached hydrogen (secondary N) is 3. The van der Waals surface area contributed by atoms with Gasteiger partial charge in [0.15, 0.2) is 21.5 Å². The molecule has 104 heavy (non-hydrogen) atoms. The predicted molar refractivity (Wildman–Crippen MR) is 410 cm³/mol. The predicted octanol–water partition coefficient (Wildman–Crippen LogP) is 12.7. The molecule has 0 saturated carbocycles. The number of hydrogen-bond acceptors (Lipinski definition) is 22. The Kier molecular flexibility index (Phi) is 23.2. The fourth-order valence-corrected chi connectivity index (χ4v) is 18.0. The minimum absolute atomic E-state index is 0. The molecule has 3 atom stereocenters. The number of fused-ring (bicyclic) bond motifs is 2. The molecule has 26 nitrogen and oxygen atoms in total. The highest BCUT2D eigenvalue weighted by Gasteiger charge is 2.41. The molecule has 0 aliphatic carbocycles. The number of pyridine rings is 3. The SMILES string of the molecule is CC(C)C[C@@H](C(=O)N1CCN(c2ccc(S(=O)(=O)Nc3nccs3)cn2)CC1)n1ccc2c(F)cccc21.C[C@@H](Oc1cccc(Cl)c1Cl)C(=O)N1CCN(c2ccc(S(=O)(=O)Nc3nccs3)cn2)CC1.O=C1[C@@H](N2CCc3c2ccc(F)c3Cl)CCN1c1ccc(S(=O)(=O)Nc2nccs2)cn1.[HH].[HH].[HH].[HH].[HH]. The standard InChI is InChI=1S/C26H29FN6O3S2.C21H21Cl2N5O4S2.C20H17ClFN5O3S2.5H2/c1-18(2)16-23(33-10-8-20-21(27)4-3-5-22(20)33)25(34)32-13-11-31(12-14-32)24-7-6-19(17-29-24)38(35,36)30-26-28-9-15-37-26;1-14(32-17-4-2-3-16(22)19(17)23)20(29)28-10-8-27(9-11-28)18-6-5-15(13-25-18)34(30,31)26-21-24-7-12-33-21;21-18-13-5-8-26(15(13)3-2-14(18)22)16-6-9-27(19(16)28)17-4-1-12(11-24-17)32(29,30)25-20-23-7-10-31-20;;;;;/h3-10,15,17-18,23H,11-14,16H2,1-2H3,(H,28,30);2-7,12-14H,8-11H2,1H3,(H,24,26);1-4,7,10-11,16H,5-6,8-9H2,(H,23,25);5*1H/t23-;14-;16-;;;;;/m010...../s1. The summed E-state index contributed by atoms with van der Waals surface area (Å²) < 4.78 is 118. The lowest BCUT2D eigenvalue weighted by Crippen LogP contribution is -2.52. The largest absolute Gasteiger partial charge is 0.479 e. The van der Waals surface area contributed by atoms with Crippen LogP contribution in [0.25, 0.3) is 10.9 Å². The molecule has 556 valence electrons. The number of carbonyl (C=O) groups excluding carboxylic acids is 3. The van der Waals surface area contributed by atoms with Crippen LogP contribution in [0.1, 0.15) is 52.4 Å². The molecule has 3 saturated heterocycles. The molecule has 7 aromatic heterocycles. The molecule has 14 rings (SSSR count). The number of ether oxygens (including phenoxy) is 1. The minimum Gasteiger partial charge on any atom is -0.479 e. The van der Waals surface area contributed by atoms with E-state index in [0.717, 1.165) is 11.3 Å². The number of halogens is 5. The normalized spacial score (nSPS) is 16.2. The van der Waals surface area contributed by atoms with E-state index in [1.54, 1.807) is 87.6 Å². The van der Waals surface area contributed by atoms with E-state index in [9.17, 15) is 48.4 Å². The van der Waals surface area contributed by atoms with E-state index in [4.69, 9.17) is 39.5 Å². The number of sulfonamides is 3. The van der Waals surface area contributed by atoms with Crippen molar-refractivity contribution in [2.75, 3.05) is 99.2 Å². The van der Waals surface area contributed by atoms with Crippen molar-refractivity contribution in [2.24, 2.45) is 5.92 Å². The summed E-state index contributed by atoms with van der Waals surface area (Å²) in [7, 11) is -11.4. The van der Waals surface area contributed by atoms with Gasteiger partial charge in [-0.1, -0.05) is 60.8 Å². The third kappa shape index (κ3) is 17.1. The summed E-state index contributed by atoms with van der Waals surface area (Å²) >= 11 is 21.8. The van der Waals surface area contributed by atoms with Gasteiger partial charge in [0.25, 0.3) is 41.9 Å². The maximum Gasteiger partial charge on any atom is 0.265 e. The van der Waals surface area contributed by atoms with Gasteiger partial charge in [0.1, 0.15) is 66.6 Å². The molecule has 3 amide bonds. The molecule has 4 aliphatic heterocycles. The van der Waals surface area contributed by atoms with Gasteiger partial charge in [0.05, 0.1) is 15.6 Å². The van der Waals surface area contributed by atoms with E-state index >= 15 is 0 Å². The second kappa shape index (κ2) is 32.2. The van der Waals surface area contributed by atoms with Crippen LogP contribution in [0.3, 0.4) is 0 Å². The molecule has 11 heterocycles. The van der Waals surface area contributed by atoms with Crippen molar-refractivity contribution < 1.29 is 60.3 Å². The fraction of sp³-hybridized carbons (Fsp3) is 0.299. The second-order valence-electron chi connectivity index (χ2n) is 24.5. The van der Waals surface area contributed by atoms with Crippen LogP contribution in [0.4, 0.5) is 47.3 Å². The van der Waals surface area contributed by atoms with Gasteiger partial charge in [-0.25, -0.2) is 63.9 Å². The minimum atomic E-state index is -3.82. The number of thiazole rings is 3. The van der Waals surface area contributed by atoms with Gasteiger partial charge < -0.3 is 33.8 Å². The smallest absolute Gasteiger partial charge is 0.265 e. The van der Waals surface area contributed by atoms with Crippen LogP contribution in [0.15, 0.2) is 165 Å². The van der Waals surface area contributed by atoms with Gasteiger partial charge in [-0.2, -0.15) is 0 Å². The van der Waals surface area contributed by atoms with Crippen molar-refractivity contribution >= 4 is 166 Å². The molecule has 4 aliphatic rings. The van der Waals surface area contributed by atoms with Crippen molar-refractivity contribution in [1.29, 1.82) is 0 Å². The lowest BCUT2D eigenvalue weighted by Gasteiger charge is -2.37. The van der Waals surface area contributed by atoms with Crippen LogP contribution >= 0.6 is 68.8 Å². The lowest BCUT2D eigenvalue weighted by atomic mass is 10.0. The topological polar surface area (TPSA) is 301 Å². The highest BCUT2D eigenvalue weighted by atomic mass is 35.5. The average Bonchev–Trinajstić information content (AvgIpc) is 1.63. The summed E-state index contributed by atoms with van der Waals surface area (Å²) in [6, 6.07) is 23.1. The average molecular weight is 1600 g/mol. The zero-order valence-corrected chi connectivity index (χ0v) is 62.8. The van der Waals surface area contributed by atoms with Crippen LogP contribution in [-0.2, 0) is 50.9 Å². The van der Waals surface area contributed by atoms with Gasteiger partial charge in [-0.3, -0.25) is 33.4 Å². The van der Waals surface area contributed by atoms with E-state index in [2.05, 4.69) is 57.9 Å². The third-order valence-corrected chi connectivity index (χ3v) is 25.0. The van der Waals surface area contributed by atoms with Crippen LogP contribution in [0.5, 0.6) is 5.75 Å². The zero-order valence-electron chi connectivity index (χ0n) is 55.7. The molecule has 0 unspecified atom stereocenters. The van der Waals surface area contributed by atoms with E-state index in [1.807, 2.05) is 30.2 Å². The molecule has 3 N–H and O–H groups in total. The van der Waals surface area contributed by atoms with E-state index in [-0.39, 0.29) is 66.5 Å². The second-order valence-corrected chi connectivity index (χ2v) is 33.4. The molecule has 0 spiro atoms. The number of rotatable bonds is 20. The molecule has 3 aromatic carbocycles. The maximum absolute atomic E-state index is 14.3. The Balaban J connectivity index is 0.000000223. The monoisotopic (exact) mass is 1600 g/mol. The molecular weight excluding hydrogens is 1530 g/mol. The van der Waals surface area contributed by atoms with Gasteiger partial charge >= 0.3 is 0 Å². The van der Waals surface area contributed by atoms with E-state index in [1.165, 1.54) is 108 Å². The van der Waals surface area contributed by atoms with Gasteiger partial charge in [0, 0.05) is 143 Å². The molecule has 37 heteroatoms. The summed E-state index contributed by atoms with van der Waals surface area (Å²) in [5, 5.41) is 7.14. The first-order valence-corrected chi connectivity index (χ1v) is 40.7. The highest BCUT2D eigenvalue weighted by Crippen LogP contribution is 2.40. The van der Waals surface area contributed by atoms with Crippen LogP contribution < -0.4 is 38.5 Å². The number of aromatic nitrogens is 7. The van der Waals surface area contributed by atoms with Gasteiger partial charge in [-0.05, 0) is 117 Å². The van der Waals surface area contributed by atoms with Crippen molar-refractivity contribution in [3.05, 3.63) is 183 Å². The van der Waals surface area contributed by atoms with Crippen molar-refractivity contribution in [3.63, 3.8) is 0 Å². The van der Waals surface area contributed by atoms with Crippen molar-refractivity contribution in [2.45, 2.75) is 72.9 Å². The zero-order chi connectivity index (χ0) is 73.6. The van der Waals surface area contributed by atoms with Crippen molar-refractivity contribution in [3.8, 4) is 5.75 Å². The summed E-state index contributed by atoms with van der Waals surface area (Å²) in [5.41, 5.74) is 2.21. The Morgan fingerprint density at radius 1 is 0.587 bits per heavy atom. The third-order valence-electron chi connectivity index (χ3n) is 17.4. The fourth-order valence-electron chi connectivity index (χ4n) is 12.2. The maximum atomic E-state index is 14.3. The molecular formula is C67H77Cl3F2N16O10S6. The Hall–Kier alpha value is -8.87. The van der Waals surface area contributed by atoms with Gasteiger partial charge in [0.2, 0.25) is 5.91 Å². The van der Waals surface area contributed by atoms with E-state index in [0.29, 0.717) is 134 Å². The van der Waals surface area contributed by atoms with Crippen LogP contribution in [0.2, 0.25) is 15.1 Å². The van der Waals surface area contributed by atoms with Crippen LogP contribution in [-0.4, -0.2) is 165 Å². The quantitative estimate of drug-likeness (QED) is 0.0638. The Morgan fingerprint density at radius 2 is 1.10 bits per heavy atom. The lowest BCUT2D eigenvalue weighted by molar-refractivity contribution is -0.138. The number of hydrogen-bond donors (Lipinski definition) is 3. The Morgan fingerprint density at radius 3 is 1.59 bits per heavy atom. The summed E-state index contributed by atoms with van der Waals surface area (Å²) in [6.07, 6.45) is 11.3. The molecule has 0 radical (unpaired) electrons. The number of anilines is 7. The number of benzene rings is 3. The number of nitrogens with zero attached hydrogens (tertiary/aromatic N) is 13. The Labute approximate surface area is 632 Å².